The van der Waals surface area contributed by atoms with Gasteiger partial charge in [0.15, 0.2) is 11.5 Å². The van der Waals surface area contributed by atoms with E-state index in [-0.39, 0.29) is 5.57 Å². The molecule has 8 heteroatoms. The second-order valence-electron chi connectivity index (χ2n) is 7.52. The van der Waals surface area contributed by atoms with E-state index in [0.29, 0.717) is 40.4 Å². The molecule has 1 fully saturated rings. The molecule has 0 aromatic heterocycles. The van der Waals surface area contributed by atoms with Gasteiger partial charge in [0, 0.05) is 0 Å². The van der Waals surface area contributed by atoms with Gasteiger partial charge in [0.05, 0.1) is 17.3 Å². The largest absolute Gasteiger partial charge is 0.493 e. The van der Waals surface area contributed by atoms with Crippen LogP contribution in [0.4, 0.5) is 5.69 Å². The fourth-order valence-corrected chi connectivity index (χ4v) is 3.96. The van der Waals surface area contributed by atoms with Gasteiger partial charge in [-0.05, 0) is 70.9 Å². The number of ether oxygens (including phenoxy) is 3. The van der Waals surface area contributed by atoms with E-state index >= 15 is 0 Å². The minimum Gasteiger partial charge on any atom is -0.493 e. The molecule has 2 amide bonds. The SMILES string of the molecule is COc1cc(/C=C2/C(=O)NN(c3ccccc3)C2=O)cc(Br)c1OCCOc1ccc(C)cc1. The Morgan fingerprint density at radius 3 is 2.38 bits per heavy atom. The Balaban J connectivity index is 1.47. The molecule has 0 spiro atoms. The lowest BCUT2D eigenvalue weighted by Gasteiger charge is -2.14. The maximum atomic E-state index is 12.8. The Hall–Kier alpha value is -3.78. The molecule has 1 heterocycles. The average Bonchev–Trinajstić information content (AvgIpc) is 3.12. The van der Waals surface area contributed by atoms with Gasteiger partial charge in [-0.15, -0.1) is 0 Å². The molecule has 0 unspecified atom stereocenters. The Morgan fingerprint density at radius 1 is 0.971 bits per heavy atom. The minimum atomic E-state index is -0.475. The third-order valence-electron chi connectivity index (χ3n) is 5.09. The summed E-state index contributed by atoms with van der Waals surface area (Å²) in [6, 6.07) is 20.2. The molecule has 0 atom stereocenters. The number of benzene rings is 3. The number of halogens is 1. The van der Waals surface area contributed by atoms with Gasteiger partial charge in [-0.2, -0.15) is 0 Å². The number of carbonyl (C=O) groups is 2. The van der Waals surface area contributed by atoms with Gasteiger partial charge < -0.3 is 14.2 Å². The highest BCUT2D eigenvalue weighted by atomic mass is 79.9. The van der Waals surface area contributed by atoms with Gasteiger partial charge in [0.25, 0.3) is 11.8 Å². The zero-order valence-electron chi connectivity index (χ0n) is 18.7. The molecule has 34 heavy (non-hydrogen) atoms. The number of rotatable bonds is 8. The van der Waals surface area contributed by atoms with Crippen molar-refractivity contribution >= 4 is 39.5 Å². The van der Waals surface area contributed by atoms with Crippen LogP contribution in [0, 0.1) is 6.92 Å². The first-order chi connectivity index (χ1) is 16.5. The second kappa shape index (κ2) is 10.4. The number of anilines is 1. The van der Waals surface area contributed by atoms with Crippen LogP contribution in [0.2, 0.25) is 0 Å². The fraction of sp³-hybridized carbons (Fsp3) is 0.154. The predicted molar refractivity (Wildman–Crippen MR) is 133 cm³/mol. The predicted octanol–water partition coefficient (Wildman–Crippen LogP) is 4.69. The van der Waals surface area contributed by atoms with Gasteiger partial charge in [0.1, 0.15) is 24.5 Å². The summed E-state index contributed by atoms with van der Waals surface area (Å²) in [6.45, 7) is 2.68. The summed E-state index contributed by atoms with van der Waals surface area (Å²) in [4.78, 5) is 25.3. The summed E-state index contributed by atoms with van der Waals surface area (Å²) in [5.41, 5.74) is 4.97. The van der Waals surface area contributed by atoms with Crippen LogP contribution < -0.4 is 24.6 Å². The fourth-order valence-electron chi connectivity index (χ4n) is 3.38. The molecule has 0 radical (unpaired) electrons. The molecule has 1 aliphatic rings. The Kier molecular flexibility index (Phi) is 7.18. The van der Waals surface area contributed by atoms with Crippen molar-refractivity contribution in [3.8, 4) is 17.2 Å². The molecule has 3 aromatic rings. The summed E-state index contributed by atoms with van der Waals surface area (Å²) < 4.78 is 17.7. The molecule has 1 aliphatic heterocycles. The van der Waals surface area contributed by atoms with Gasteiger partial charge in [-0.25, -0.2) is 5.01 Å². The van der Waals surface area contributed by atoms with E-state index in [1.54, 1.807) is 36.4 Å². The minimum absolute atomic E-state index is 0.0259. The molecule has 1 saturated heterocycles. The van der Waals surface area contributed by atoms with Gasteiger partial charge in [-0.3, -0.25) is 15.0 Å². The zero-order chi connectivity index (χ0) is 24.1. The smallest absolute Gasteiger partial charge is 0.282 e. The molecule has 7 nitrogen and oxygen atoms in total. The topological polar surface area (TPSA) is 77.1 Å². The second-order valence-corrected chi connectivity index (χ2v) is 8.37. The Morgan fingerprint density at radius 2 is 1.68 bits per heavy atom. The van der Waals surface area contributed by atoms with Crippen LogP contribution in [-0.2, 0) is 9.59 Å². The summed E-state index contributed by atoms with van der Waals surface area (Å²) in [6.07, 6.45) is 1.53. The van der Waals surface area contributed by atoms with Crippen molar-refractivity contribution in [2.24, 2.45) is 0 Å². The number of hydrogen-bond acceptors (Lipinski definition) is 5. The van der Waals surface area contributed by atoms with E-state index in [1.165, 1.54) is 18.2 Å². The normalized spacial score (nSPS) is 14.3. The van der Waals surface area contributed by atoms with E-state index < -0.39 is 11.8 Å². The van der Waals surface area contributed by atoms with Crippen molar-refractivity contribution < 1.29 is 23.8 Å². The quantitative estimate of drug-likeness (QED) is 0.264. The van der Waals surface area contributed by atoms with Crippen LogP contribution in [0.3, 0.4) is 0 Å². The standard InChI is InChI=1S/C26H23BrN2O5/c1-17-8-10-20(11-9-17)33-12-13-34-24-22(27)15-18(16-23(24)32-2)14-21-25(30)28-29(26(21)31)19-6-4-3-5-7-19/h3-11,14-16H,12-13H2,1-2H3,(H,28,30)/b21-14-. The van der Waals surface area contributed by atoms with Gasteiger partial charge in [-0.1, -0.05) is 35.9 Å². The number of hydrogen-bond donors (Lipinski definition) is 1. The third-order valence-corrected chi connectivity index (χ3v) is 5.68. The lowest BCUT2D eigenvalue weighted by atomic mass is 10.1. The monoisotopic (exact) mass is 522 g/mol. The maximum Gasteiger partial charge on any atom is 0.282 e. The van der Waals surface area contributed by atoms with Crippen LogP contribution >= 0.6 is 15.9 Å². The molecule has 1 N–H and O–H groups in total. The van der Waals surface area contributed by atoms with E-state index in [1.807, 2.05) is 37.3 Å². The first-order valence-electron chi connectivity index (χ1n) is 10.6. The van der Waals surface area contributed by atoms with Crippen LogP contribution in [0.1, 0.15) is 11.1 Å². The summed E-state index contributed by atoms with van der Waals surface area (Å²) in [5, 5.41) is 1.23. The number of nitrogens with zero attached hydrogens (tertiary/aromatic N) is 1. The van der Waals surface area contributed by atoms with Gasteiger partial charge >= 0.3 is 0 Å². The molecule has 0 bridgehead atoms. The highest BCUT2D eigenvalue weighted by molar-refractivity contribution is 9.10. The van der Waals surface area contributed by atoms with Crippen molar-refractivity contribution in [3.05, 3.63) is 87.9 Å². The zero-order valence-corrected chi connectivity index (χ0v) is 20.3. The maximum absolute atomic E-state index is 12.8. The number of aryl methyl sites for hydroxylation is 1. The molecule has 4 rings (SSSR count). The molecular weight excluding hydrogens is 500 g/mol. The number of hydrazine groups is 1. The van der Waals surface area contributed by atoms with Crippen LogP contribution in [0.25, 0.3) is 6.08 Å². The van der Waals surface area contributed by atoms with Crippen molar-refractivity contribution in [3.63, 3.8) is 0 Å². The average molecular weight is 523 g/mol. The first-order valence-corrected chi connectivity index (χ1v) is 11.4. The molecular formula is C26H23BrN2O5. The highest BCUT2D eigenvalue weighted by Gasteiger charge is 2.34. The van der Waals surface area contributed by atoms with E-state index in [2.05, 4.69) is 21.4 Å². The number of methoxy groups -OCH3 is 1. The van der Waals surface area contributed by atoms with E-state index in [0.717, 1.165) is 11.3 Å². The van der Waals surface area contributed by atoms with Crippen molar-refractivity contribution in [1.29, 1.82) is 0 Å². The first kappa shape index (κ1) is 23.4. The Bertz CT molecular complexity index is 1230. The lowest BCUT2D eigenvalue weighted by molar-refractivity contribution is -0.117. The summed E-state index contributed by atoms with van der Waals surface area (Å²) >= 11 is 3.50. The number of nitrogens with one attached hydrogen (secondary N) is 1. The Labute approximate surface area is 206 Å². The van der Waals surface area contributed by atoms with E-state index in [9.17, 15) is 9.59 Å². The van der Waals surface area contributed by atoms with Gasteiger partial charge in [0.2, 0.25) is 0 Å². The molecule has 0 saturated carbocycles. The van der Waals surface area contributed by atoms with Crippen LogP contribution in [0.15, 0.2) is 76.8 Å². The van der Waals surface area contributed by atoms with Crippen molar-refractivity contribution in [1.82, 2.24) is 5.43 Å². The molecule has 174 valence electrons. The van der Waals surface area contributed by atoms with Crippen molar-refractivity contribution in [2.75, 3.05) is 25.3 Å². The van der Waals surface area contributed by atoms with Crippen LogP contribution in [-0.4, -0.2) is 32.1 Å². The van der Waals surface area contributed by atoms with Crippen LogP contribution in [0.5, 0.6) is 17.2 Å². The number of carbonyl (C=O) groups excluding carboxylic acids is 2. The lowest BCUT2D eigenvalue weighted by Crippen LogP contribution is -2.35. The van der Waals surface area contributed by atoms with Crippen molar-refractivity contribution in [2.45, 2.75) is 6.92 Å². The molecule has 3 aromatic carbocycles. The molecule has 0 aliphatic carbocycles. The highest BCUT2D eigenvalue weighted by Crippen LogP contribution is 2.37. The number of para-hydroxylation sites is 1. The summed E-state index contributed by atoms with van der Waals surface area (Å²) in [7, 11) is 1.53. The van der Waals surface area contributed by atoms with E-state index in [4.69, 9.17) is 14.2 Å². The number of amides is 2. The third kappa shape index (κ3) is 5.23. The summed E-state index contributed by atoms with van der Waals surface area (Å²) in [5.74, 6) is 0.830.